The minimum atomic E-state index is -2.79. The van der Waals surface area contributed by atoms with Gasteiger partial charge >= 0.3 is 0 Å². The molecule has 0 unspecified atom stereocenters. The van der Waals surface area contributed by atoms with Crippen LogP contribution in [0.2, 0.25) is 0 Å². The zero-order valence-electron chi connectivity index (χ0n) is 18.5. The summed E-state index contributed by atoms with van der Waals surface area (Å²) in [6.45, 7) is 3.50. The number of piperidine rings is 1. The van der Waals surface area contributed by atoms with Crippen LogP contribution >= 0.6 is 0 Å². The number of imidazole rings is 1. The molecule has 2 saturated heterocycles. The van der Waals surface area contributed by atoms with Gasteiger partial charge in [-0.15, -0.1) is 5.10 Å². The zero-order chi connectivity index (χ0) is 23.8. The van der Waals surface area contributed by atoms with Gasteiger partial charge in [-0.2, -0.15) is 4.98 Å². The fraction of sp³-hybridized carbons (Fsp3) is 0.476. The van der Waals surface area contributed by atoms with Crippen molar-refractivity contribution >= 4 is 29.7 Å². The number of hydrogen-bond donors (Lipinski definition) is 2. The lowest BCUT2D eigenvalue weighted by molar-refractivity contribution is -0.0705. The molecule has 5 heterocycles. The Balaban J connectivity index is 1.38. The van der Waals surface area contributed by atoms with Crippen molar-refractivity contribution in [1.29, 1.82) is 0 Å². The molecule has 0 amide bonds. The van der Waals surface area contributed by atoms with E-state index in [1.165, 1.54) is 30.1 Å². The number of methoxy groups -OCH3 is 1. The highest BCUT2D eigenvalue weighted by molar-refractivity contribution is 5.79. The zero-order valence-corrected chi connectivity index (χ0v) is 18.5. The number of alkyl halides is 2. The van der Waals surface area contributed by atoms with Gasteiger partial charge in [0, 0.05) is 30.9 Å². The quantitative estimate of drug-likeness (QED) is 0.534. The van der Waals surface area contributed by atoms with Crippen molar-refractivity contribution in [2.24, 2.45) is 0 Å². The van der Waals surface area contributed by atoms with Gasteiger partial charge < -0.3 is 20.5 Å². The first kappa shape index (κ1) is 22.5. The molecule has 2 fully saturated rings. The molecule has 3 aromatic rings. The van der Waals surface area contributed by atoms with Gasteiger partial charge in [0.1, 0.15) is 11.2 Å². The van der Waals surface area contributed by atoms with Crippen LogP contribution in [0.3, 0.4) is 0 Å². The molecular weight excluding hydrogens is 453 g/mol. The van der Waals surface area contributed by atoms with Gasteiger partial charge in [-0.1, -0.05) is 0 Å². The second-order valence-electron chi connectivity index (χ2n) is 8.30. The molecule has 0 aliphatic carbocycles. The number of nitrogens with two attached hydrogens (primary N) is 1. The number of ether oxygens (including phenoxy) is 2. The van der Waals surface area contributed by atoms with E-state index in [4.69, 9.17) is 15.2 Å². The Morgan fingerprint density at radius 2 is 2.06 bits per heavy atom. The molecule has 34 heavy (non-hydrogen) atoms. The van der Waals surface area contributed by atoms with E-state index in [-0.39, 0.29) is 29.0 Å². The Hall–Kier alpha value is -3.32. The molecule has 3 aromatic heterocycles. The Kier molecular flexibility index (Phi) is 6.04. The average Bonchev–Trinajstić information content (AvgIpc) is 3.30. The van der Waals surface area contributed by atoms with Crippen LogP contribution in [0.4, 0.5) is 25.1 Å². The molecular formula is C21H25F3N8O2. The van der Waals surface area contributed by atoms with Crippen molar-refractivity contribution in [2.45, 2.75) is 31.4 Å². The van der Waals surface area contributed by atoms with Crippen molar-refractivity contribution in [3.05, 3.63) is 29.5 Å². The van der Waals surface area contributed by atoms with Crippen LogP contribution in [0.1, 0.15) is 30.5 Å². The first-order chi connectivity index (χ1) is 16.4. The predicted octanol–water partition coefficient (Wildman–Crippen LogP) is 2.50. The number of halogens is 3. The third-order valence-corrected chi connectivity index (χ3v) is 6.25. The van der Waals surface area contributed by atoms with Crippen molar-refractivity contribution < 1.29 is 22.6 Å². The highest BCUT2D eigenvalue weighted by Crippen LogP contribution is 2.29. The number of rotatable bonds is 7. The Morgan fingerprint density at radius 1 is 1.29 bits per heavy atom. The number of nitrogen functional groups attached to an aromatic ring is 1. The van der Waals surface area contributed by atoms with E-state index >= 15 is 0 Å². The van der Waals surface area contributed by atoms with Gasteiger partial charge in [0.05, 0.1) is 38.8 Å². The summed E-state index contributed by atoms with van der Waals surface area (Å²) in [5.74, 6) is -0.285. The Bertz CT molecular complexity index is 1200. The third kappa shape index (κ3) is 4.16. The molecule has 2 aliphatic rings. The smallest absolute Gasteiger partial charge is 0.280 e. The minimum absolute atomic E-state index is 0.0766. The normalized spacial score (nSPS) is 18.3. The second kappa shape index (κ2) is 9.14. The number of likely N-dealkylation sites (tertiary alicyclic amines) is 1. The average molecular weight is 478 g/mol. The molecule has 13 heteroatoms. The maximum atomic E-state index is 14.8. The second-order valence-corrected chi connectivity index (χ2v) is 8.30. The summed E-state index contributed by atoms with van der Waals surface area (Å²) < 4.78 is 54.2. The number of fused-ring (bicyclic) bond motifs is 1. The van der Waals surface area contributed by atoms with Crippen molar-refractivity contribution in [2.75, 3.05) is 44.5 Å². The number of nitrogens with zero attached hydrogens (tertiary/aromatic N) is 6. The fourth-order valence-electron chi connectivity index (χ4n) is 4.29. The summed E-state index contributed by atoms with van der Waals surface area (Å²) in [5, 5.41) is 7.71. The van der Waals surface area contributed by atoms with E-state index in [0.29, 0.717) is 12.0 Å². The number of anilines is 2. The molecule has 0 atom stereocenters. The monoisotopic (exact) mass is 478 g/mol. The molecule has 0 spiro atoms. The van der Waals surface area contributed by atoms with Crippen LogP contribution < -0.4 is 15.8 Å². The number of hydrogen-bond acceptors (Lipinski definition) is 8. The van der Waals surface area contributed by atoms with Gasteiger partial charge in [0.2, 0.25) is 17.8 Å². The van der Waals surface area contributed by atoms with Gasteiger partial charge in [-0.05, 0) is 18.9 Å². The molecule has 10 nitrogen and oxygen atoms in total. The van der Waals surface area contributed by atoms with E-state index in [1.54, 1.807) is 0 Å². The summed E-state index contributed by atoms with van der Waals surface area (Å²) in [6, 6.07) is 0.688. The molecule has 0 radical (unpaired) electrons. The maximum Gasteiger partial charge on any atom is 0.280 e. The largest absolute Gasteiger partial charge is 0.479 e. The van der Waals surface area contributed by atoms with Crippen LogP contribution in [-0.2, 0) is 4.74 Å². The molecule has 5 rings (SSSR count). The SMILES string of the molecule is COc1nc(NC2CCN(C3COC3)CC2)nn2cc(F)c(/C=C/n3c(C(F)F)cnc3N)c12. The van der Waals surface area contributed by atoms with Crippen molar-refractivity contribution in [3.8, 4) is 5.88 Å². The molecule has 182 valence electrons. The Labute approximate surface area is 193 Å². The van der Waals surface area contributed by atoms with Crippen LogP contribution in [0.15, 0.2) is 12.4 Å². The van der Waals surface area contributed by atoms with E-state index in [1.807, 2.05) is 0 Å². The number of aromatic nitrogens is 5. The fourth-order valence-corrected chi connectivity index (χ4v) is 4.29. The topological polar surface area (TPSA) is 108 Å². The summed E-state index contributed by atoms with van der Waals surface area (Å²) in [7, 11) is 1.42. The van der Waals surface area contributed by atoms with Gasteiger partial charge in [-0.25, -0.2) is 22.7 Å². The Morgan fingerprint density at radius 3 is 2.71 bits per heavy atom. The summed E-state index contributed by atoms with van der Waals surface area (Å²) in [6.07, 6.45) is 3.77. The van der Waals surface area contributed by atoms with Gasteiger partial charge in [0.15, 0.2) is 5.82 Å². The molecule has 0 saturated carbocycles. The standard InChI is InChI=1S/C21H25F3N8O2/c1-33-19-17-14(4-7-31-16(18(23)24)8-26-20(31)25)15(22)9-32(17)29-21(28-19)27-12-2-5-30(6-3-12)13-10-34-11-13/h4,7-9,12-13,18H,2-3,5-6,10-11H2,1H3,(H2,25,26)(H,27,29)/b7-4+. The summed E-state index contributed by atoms with van der Waals surface area (Å²) in [5.41, 5.74) is 5.61. The third-order valence-electron chi connectivity index (χ3n) is 6.25. The lowest BCUT2D eigenvalue weighted by atomic mass is 10.0. The van der Waals surface area contributed by atoms with Crippen LogP contribution in [0.25, 0.3) is 17.8 Å². The predicted molar refractivity (Wildman–Crippen MR) is 119 cm³/mol. The molecule has 3 N–H and O–H groups in total. The van der Waals surface area contributed by atoms with Gasteiger partial charge in [0.25, 0.3) is 6.43 Å². The van der Waals surface area contributed by atoms with Crippen LogP contribution in [0, 0.1) is 5.82 Å². The van der Waals surface area contributed by atoms with E-state index < -0.39 is 17.9 Å². The lowest BCUT2D eigenvalue weighted by Crippen LogP contribution is -2.53. The molecule has 0 aromatic carbocycles. The highest BCUT2D eigenvalue weighted by atomic mass is 19.3. The van der Waals surface area contributed by atoms with Crippen molar-refractivity contribution in [1.82, 2.24) is 29.0 Å². The lowest BCUT2D eigenvalue weighted by Gasteiger charge is -2.41. The molecule has 2 aliphatic heterocycles. The van der Waals surface area contributed by atoms with Crippen molar-refractivity contribution in [3.63, 3.8) is 0 Å². The highest BCUT2D eigenvalue weighted by Gasteiger charge is 2.30. The maximum absolute atomic E-state index is 14.8. The summed E-state index contributed by atoms with van der Waals surface area (Å²) >= 11 is 0. The first-order valence-electron chi connectivity index (χ1n) is 10.9. The number of nitrogens with one attached hydrogen (secondary N) is 1. The summed E-state index contributed by atoms with van der Waals surface area (Å²) in [4.78, 5) is 10.5. The van der Waals surface area contributed by atoms with E-state index in [2.05, 4.69) is 25.3 Å². The molecule has 0 bridgehead atoms. The van der Waals surface area contributed by atoms with Crippen LogP contribution in [-0.4, -0.2) is 74.5 Å². The van der Waals surface area contributed by atoms with Crippen LogP contribution in [0.5, 0.6) is 5.88 Å². The minimum Gasteiger partial charge on any atom is -0.479 e. The van der Waals surface area contributed by atoms with Gasteiger partial charge in [-0.3, -0.25) is 9.47 Å². The van der Waals surface area contributed by atoms with E-state index in [9.17, 15) is 13.2 Å². The van der Waals surface area contributed by atoms with E-state index in [0.717, 1.165) is 49.9 Å². The first-order valence-corrected chi connectivity index (χ1v) is 10.9.